The van der Waals surface area contributed by atoms with Crippen LogP contribution < -0.4 is 4.74 Å². The van der Waals surface area contributed by atoms with Crippen molar-refractivity contribution in [1.82, 2.24) is 0 Å². The van der Waals surface area contributed by atoms with Gasteiger partial charge in [0.2, 0.25) is 0 Å². The van der Waals surface area contributed by atoms with Crippen molar-refractivity contribution in [3.8, 4) is 44.9 Å². The molecule has 1 aliphatic carbocycles. The maximum Gasteiger partial charge on any atom is 0.136 e. The van der Waals surface area contributed by atoms with E-state index < -0.39 is 0 Å². The molecule has 9 rings (SSSR count). The molecule has 0 radical (unpaired) electrons. The van der Waals surface area contributed by atoms with Gasteiger partial charge in [0.05, 0.1) is 0 Å². The van der Waals surface area contributed by atoms with Gasteiger partial charge < -0.3 is 4.74 Å². The molecule has 0 fully saturated rings. The van der Waals surface area contributed by atoms with Gasteiger partial charge in [0.15, 0.2) is 0 Å². The molecule has 0 amide bonds. The van der Waals surface area contributed by atoms with Crippen LogP contribution >= 0.6 is 0 Å². The van der Waals surface area contributed by atoms with E-state index in [1.165, 1.54) is 66.1 Å². The van der Waals surface area contributed by atoms with E-state index in [2.05, 4.69) is 140 Å². The molecular formula is C40H26O. The molecule has 0 saturated heterocycles. The van der Waals surface area contributed by atoms with Crippen molar-refractivity contribution < 1.29 is 4.74 Å². The fourth-order valence-electron chi connectivity index (χ4n) is 7.23. The Kier molecular flexibility index (Phi) is 4.52. The Hall–Kier alpha value is -5.14. The van der Waals surface area contributed by atoms with E-state index in [1.54, 1.807) is 0 Å². The van der Waals surface area contributed by atoms with Crippen molar-refractivity contribution in [3.63, 3.8) is 0 Å². The van der Waals surface area contributed by atoms with Crippen LogP contribution in [0.4, 0.5) is 0 Å². The third-order valence-electron chi connectivity index (χ3n) is 9.30. The van der Waals surface area contributed by atoms with E-state index in [4.69, 9.17) is 4.74 Å². The third kappa shape index (κ3) is 3.12. The van der Waals surface area contributed by atoms with E-state index >= 15 is 0 Å². The standard InChI is InChI=1S/C40H26O/c1-40(30-13-3-2-4-14-30)35-23-27(18-19-31(35)34-21-25-10-5-6-11-26(25)22-36(34)40)29-20-28-12-9-16-33-32-15-7-8-17-37(32)41-38(24-29)39(28)33/h2-24H,1H3. The smallest absolute Gasteiger partial charge is 0.136 e. The van der Waals surface area contributed by atoms with Crippen molar-refractivity contribution >= 4 is 21.5 Å². The van der Waals surface area contributed by atoms with Crippen LogP contribution in [0.1, 0.15) is 23.6 Å². The van der Waals surface area contributed by atoms with E-state index in [0.29, 0.717) is 0 Å². The summed E-state index contributed by atoms with van der Waals surface area (Å²) < 4.78 is 6.51. The summed E-state index contributed by atoms with van der Waals surface area (Å²) in [7, 11) is 0. The molecular weight excluding hydrogens is 496 g/mol. The molecule has 1 heteroatoms. The Bertz CT molecular complexity index is 2190. The lowest BCUT2D eigenvalue weighted by Gasteiger charge is -2.29. The molecule has 1 nitrogen and oxygen atoms in total. The Morgan fingerprint density at radius 3 is 2.02 bits per heavy atom. The zero-order valence-electron chi connectivity index (χ0n) is 22.7. The van der Waals surface area contributed by atoms with Crippen molar-refractivity contribution in [2.24, 2.45) is 0 Å². The minimum Gasteiger partial charge on any atom is -0.456 e. The van der Waals surface area contributed by atoms with Gasteiger partial charge in [-0.1, -0.05) is 103 Å². The predicted octanol–water partition coefficient (Wildman–Crippen LogP) is 10.8. The first-order chi connectivity index (χ1) is 20.2. The summed E-state index contributed by atoms with van der Waals surface area (Å²) in [5, 5.41) is 4.94. The van der Waals surface area contributed by atoms with E-state index in [0.717, 1.165) is 17.1 Å². The minimum absolute atomic E-state index is 0.264. The van der Waals surface area contributed by atoms with Gasteiger partial charge in [0.25, 0.3) is 0 Å². The highest BCUT2D eigenvalue weighted by atomic mass is 16.5. The molecule has 1 heterocycles. The SMILES string of the molecule is CC1(c2ccccc2)c2cc(-c3cc4c5c(cccc5c3)-c3ccccc3O4)ccc2-c2cc3ccccc3cc21. The fourth-order valence-corrected chi connectivity index (χ4v) is 7.23. The largest absolute Gasteiger partial charge is 0.456 e. The van der Waals surface area contributed by atoms with Crippen LogP contribution in [-0.2, 0) is 5.41 Å². The molecule has 41 heavy (non-hydrogen) atoms. The molecule has 0 bridgehead atoms. The lowest BCUT2D eigenvalue weighted by atomic mass is 9.73. The van der Waals surface area contributed by atoms with Crippen LogP contribution in [0.25, 0.3) is 54.9 Å². The molecule has 7 aromatic carbocycles. The molecule has 7 aromatic rings. The Labute approximate surface area is 239 Å². The number of benzene rings is 7. The summed E-state index contributed by atoms with van der Waals surface area (Å²) >= 11 is 0. The maximum absolute atomic E-state index is 6.51. The number of para-hydroxylation sites is 1. The summed E-state index contributed by atoms with van der Waals surface area (Å²) in [5.41, 5.74) is 11.2. The Morgan fingerprint density at radius 2 is 1.15 bits per heavy atom. The van der Waals surface area contributed by atoms with Gasteiger partial charge in [-0.2, -0.15) is 0 Å². The highest BCUT2D eigenvalue weighted by molar-refractivity contribution is 6.06. The second-order valence-corrected chi connectivity index (χ2v) is 11.5. The van der Waals surface area contributed by atoms with Crippen molar-refractivity contribution in [1.29, 1.82) is 0 Å². The van der Waals surface area contributed by atoms with Crippen molar-refractivity contribution in [2.75, 3.05) is 0 Å². The summed E-state index contributed by atoms with van der Waals surface area (Å²) in [4.78, 5) is 0. The fraction of sp³-hybridized carbons (Fsp3) is 0.0500. The number of rotatable bonds is 2. The average Bonchev–Trinajstić information content (AvgIpc) is 3.28. The highest BCUT2D eigenvalue weighted by Gasteiger charge is 2.41. The molecule has 1 atom stereocenters. The molecule has 0 aromatic heterocycles. The summed E-state index contributed by atoms with van der Waals surface area (Å²) in [6, 6.07) is 50.9. The van der Waals surface area contributed by atoms with Crippen molar-refractivity contribution in [3.05, 3.63) is 156 Å². The van der Waals surface area contributed by atoms with Crippen LogP contribution in [0.3, 0.4) is 0 Å². The van der Waals surface area contributed by atoms with Gasteiger partial charge in [-0.3, -0.25) is 0 Å². The van der Waals surface area contributed by atoms with E-state index in [1.807, 2.05) is 6.07 Å². The minimum atomic E-state index is -0.264. The van der Waals surface area contributed by atoms with Gasteiger partial charge in [0, 0.05) is 16.4 Å². The molecule has 2 aliphatic rings. The van der Waals surface area contributed by atoms with Crippen molar-refractivity contribution in [2.45, 2.75) is 12.3 Å². The van der Waals surface area contributed by atoms with Gasteiger partial charge in [0.1, 0.15) is 11.5 Å². The summed E-state index contributed by atoms with van der Waals surface area (Å²) in [6.45, 7) is 2.39. The van der Waals surface area contributed by atoms with Crippen LogP contribution in [0, 0.1) is 0 Å². The molecule has 0 N–H and O–H groups in total. The summed E-state index contributed by atoms with van der Waals surface area (Å²) in [5.74, 6) is 1.84. The highest BCUT2D eigenvalue weighted by Crippen LogP contribution is 2.54. The van der Waals surface area contributed by atoms with Crippen LogP contribution in [0.5, 0.6) is 11.5 Å². The zero-order valence-corrected chi connectivity index (χ0v) is 22.7. The maximum atomic E-state index is 6.51. The second-order valence-electron chi connectivity index (χ2n) is 11.5. The molecule has 1 unspecified atom stereocenters. The van der Waals surface area contributed by atoms with E-state index in [9.17, 15) is 0 Å². The second kappa shape index (κ2) is 8.19. The topological polar surface area (TPSA) is 9.23 Å². The van der Waals surface area contributed by atoms with Gasteiger partial charge in [-0.05, 0) is 104 Å². The van der Waals surface area contributed by atoms with Crippen LogP contribution in [0.2, 0.25) is 0 Å². The van der Waals surface area contributed by atoms with Crippen LogP contribution in [-0.4, -0.2) is 0 Å². The predicted molar refractivity (Wildman–Crippen MR) is 170 cm³/mol. The summed E-state index contributed by atoms with van der Waals surface area (Å²) in [6.07, 6.45) is 0. The van der Waals surface area contributed by atoms with Crippen LogP contribution in [0.15, 0.2) is 140 Å². The normalized spacial score (nSPS) is 16.2. The lowest BCUT2D eigenvalue weighted by molar-refractivity contribution is 0.487. The Balaban J connectivity index is 1.28. The van der Waals surface area contributed by atoms with Gasteiger partial charge in [-0.15, -0.1) is 0 Å². The first-order valence-corrected chi connectivity index (χ1v) is 14.3. The number of hydrogen-bond acceptors (Lipinski definition) is 1. The zero-order chi connectivity index (χ0) is 27.1. The van der Waals surface area contributed by atoms with Gasteiger partial charge >= 0.3 is 0 Å². The van der Waals surface area contributed by atoms with E-state index in [-0.39, 0.29) is 5.41 Å². The average molecular weight is 523 g/mol. The quantitative estimate of drug-likeness (QED) is 0.219. The molecule has 1 aliphatic heterocycles. The first-order valence-electron chi connectivity index (χ1n) is 14.3. The van der Waals surface area contributed by atoms with Gasteiger partial charge in [-0.25, -0.2) is 0 Å². The number of ether oxygens (including phenoxy) is 1. The Morgan fingerprint density at radius 1 is 0.439 bits per heavy atom. The molecule has 192 valence electrons. The third-order valence-corrected chi connectivity index (χ3v) is 9.30. The lowest BCUT2D eigenvalue weighted by Crippen LogP contribution is -2.22. The molecule has 0 saturated carbocycles. The first kappa shape index (κ1) is 22.7. The molecule has 0 spiro atoms. The number of fused-ring (bicyclic) bond motifs is 6. The monoisotopic (exact) mass is 522 g/mol. The number of hydrogen-bond donors (Lipinski definition) is 0.